The van der Waals surface area contributed by atoms with Crippen LogP contribution in [0.1, 0.15) is 37.5 Å². The summed E-state index contributed by atoms with van der Waals surface area (Å²) in [6.07, 6.45) is 4.34. The summed E-state index contributed by atoms with van der Waals surface area (Å²) in [4.78, 5) is 32.1. The Morgan fingerprint density at radius 2 is 1.79 bits per heavy atom. The van der Waals surface area contributed by atoms with E-state index in [4.69, 9.17) is 9.15 Å². The lowest BCUT2D eigenvalue weighted by atomic mass is 10.2. The van der Waals surface area contributed by atoms with E-state index in [9.17, 15) is 9.59 Å². The average Bonchev–Trinajstić information content (AvgIpc) is 3.37. The molecule has 1 aliphatic rings. The number of amides is 3. The smallest absolute Gasteiger partial charge is 0.317 e. The van der Waals surface area contributed by atoms with Gasteiger partial charge in [-0.15, -0.1) is 0 Å². The van der Waals surface area contributed by atoms with E-state index in [1.807, 2.05) is 42.5 Å². The summed E-state index contributed by atoms with van der Waals surface area (Å²) in [5.74, 6) is 0.618. The summed E-state index contributed by atoms with van der Waals surface area (Å²) in [7, 11) is 0. The highest BCUT2D eigenvalue weighted by atomic mass is 16.5. The zero-order valence-electron chi connectivity index (χ0n) is 20.3. The summed E-state index contributed by atoms with van der Waals surface area (Å²) in [6, 6.07) is 13.4. The van der Waals surface area contributed by atoms with Gasteiger partial charge in [0.25, 0.3) is 0 Å². The first-order valence-electron chi connectivity index (χ1n) is 12.3. The number of nitrogens with zero attached hydrogens (tertiary/aromatic N) is 3. The Balaban J connectivity index is 1.63. The zero-order chi connectivity index (χ0) is 24.0. The molecule has 1 aliphatic heterocycles. The standard InChI is InChI=1S/C26H38N4O4/c1-2-3-12-27-26(32)29(14-8-13-28-15-18-33-19-16-28)22-25(31)30(21-24-11-7-17-34-24)20-23-9-5-4-6-10-23/h4-7,9-11,17H,2-3,8,12-16,18-22H2,1H3,(H,27,32). The van der Waals surface area contributed by atoms with E-state index >= 15 is 0 Å². The van der Waals surface area contributed by atoms with Crippen LogP contribution in [0.4, 0.5) is 4.79 Å². The molecule has 0 unspecified atom stereocenters. The van der Waals surface area contributed by atoms with E-state index in [1.54, 1.807) is 16.1 Å². The molecule has 1 aromatic carbocycles. The summed E-state index contributed by atoms with van der Waals surface area (Å²) in [5, 5.41) is 2.98. The second-order valence-corrected chi connectivity index (χ2v) is 8.63. The van der Waals surface area contributed by atoms with Gasteiger partial charge >= 0.3 is 6.03 Å². The number of benzene rings is 1. The number of furan rings is 1. The monoisotopic (exact) mass is 470 g/mol. The molecule has 1 aromatic heterocycles. The van der Waals surface area contributed by atoms with Crippen molar-refractivity contribution in [3.8, 4) is 0 Å². The molecule has 2 heterocycles. The number of hydrogen-bond donors (Lipinski definition) is 1. The lowest BCUT2D eigenvalue weighted by molar-refractivity contribution is -0.133. The fourth-order valence-corrected chi connectivity index (χ4v) is 3.94. The van der Waals surface area contributed by atoms with Gasteiger partial charge in [0.2, 0.25) is 5.91 Å². The number of nitrogens with one attached hydrogen (secondary N) is 1. The van der Waals surface area contributed by atoms with Crippen LogP contribution in [-0.4, -0.2) is 79.1 Å². The van der Waals surface area contributed by atoms with Crippen LogP contribution in [0.2, 0.25) is 0 Å². The van der Waals surface area contributed by atoms with E-state index in [0.717, 1.165) is 63.4 Å². The largest absolute Gasteiger partial charge is 0.467 e. The summed E-state index contributed by atoms with van der Waals surface area (Å²) in [6.45, 7) is 8.30. The molecule has 2 aromatic rings. The molecular weight excluding hydrogens is 432 g/mol. The Bertz CT molecular complexity index is 838. The third kappa shape index (κ3) is 8.83. The van der Waals surface area contributed by atoms with Crippen LogP contribution in [0.3, 0.4) is 0 Å². The van der Waals surface area contributed by atoms with Crippen molar-refractivity contribution >= 4 is 11.9 Å². The molecule has 34 heavy (non-hydrogen) atoms. The predicted molar refractivity (Wildman–Crippen MR) is 131 cm³/mol. The van der Waals surface area contributed by atoms with Gasteiger partial charge in [0, 0.05) is 39.3 Å². The Morgan fingerprint density at radius 1 is 1.00 bits per heavy atom. The normalized spacial score (nSPS) is 14.0. The second kappa shape index (κ2) is 14.4. The van der Waals surface area contributed by atoms with E-state index in [0.29, 0.717) is 26.2 Å². The highest BCUT2D eigenvalue weighted by Crippen LogP contribution is 2.12. The summed E-state index contributed by atoms with van der Waals surface area (Å²) in [5.41, 5.74) is 1.04. The van der Waals surface area contributed by atoms with Crippen molar-refractivity contribution in [2.75, 3.05) is 52.5 Å². The van der Waals surface area contributed by atoms with E-state index in [-0.39, 0.29) is 18.5 Å². The van der Waals surface area contributed by atoms with Gasteiger partial charge in [0.05, 0.1) is 26.0 Å². The van der Waals surface area contributed by atoms with Gasteiger partial charge in [0.15, 0.2) is 0 Å². The molecule has 186 valence electrons. The molecule has 0 bridgehead atoms. The molecule has 0 spiro atoms. The fraction of sp³-hybridized carbons (Fsp3) is 0.538. The maximum atomic E-state index is 13.4. The van der Waals surface area contributed by atoms with Gasteiger partial charge in [0.1, 0.15) is 12.3 Å². The van der Waals surface area contributed by atoms with E-state index < -0.39 is 0 Å². The molecular formula is C26H38N4O4. The Hall–Kier alpha value is -2.84. The average molecular weight is 471 g/mol. The van der Waals surface area contributed by atoms with Crippen molar-refractivity contribution in [3.63, 3.8) is 0 Å². The third-order valence-corrected chi connectivity index (χ3v) is 5.92. The number of hydrogen-bond acceptors (Lipinski definition) is 5. The van der Waals surface area contributed by atoms with Gasteiger partial charge in [-0.1, -0.05) is 43.7 Å². The number of morpholine rings is 1. The van der Waals surface area contributed by atoms with Crippen molar-refractivity contribution in [2.24, 2.45) is 0 Å². The quantitative estimate of drug-likeness (QED) is 0.454. The molecule has 0 saturated carbocycles. The number of carbonyl (C=O) groups excluding carboxylic acids is 2. The van der Waals surface area contributed by atoms with Crippen molar-refractivity contribution in [1.29, 1.82) is 0 Å². The number of urea groups is 1. The predicted octanol–water partition coefficient (Wildman–Crippen LogP) is 3.34. The maximum Gasteiger partial charge on any atom is 0.317 e. The molecule has 1 fully saturated rings. The summed E-state index contributed by atoms with van der Waals surface area (Å²) >= 11 is 0. The third-order valence-electron chi connectivity index (χ3n) is 5.92. The Kier molecular flexibility index (Phi) is 10.9. The first kappa shape index (κ1) is 25.8. The number of ether oxygens (including phenoxy) is 1. The molecule has 1 saturated heterocycles. The minimum absolute atomic E-state index is 0.0363. The summed E-state index contributed by atoms with van der Waals surface area (Å²) < 4.78 is 10.9. The van der Waals surface area contributed by atoms with Crippen LogP contribution in [0.15, 0.2) is 53.1 Å². The van der Waals surface area contributed by atoms with Gasteiger partial charge in [-0.25, -0.2) is 4.79 Å². The van der Waals surface area contributed by atoms with Crippen LogP contribution in [0, 0.1) is 0 Å². The van der Waals surface area contributed by atoms with Crippen molar-refractivity contribution in [1.82, 2.24) is 20.0 Å². The lowest BCUT2D eigenvalue weighted by Gasteiger charge is -2.30. The SMILES string of the molecule is CCCCNC(=O)N(CCCN1CCOCC1)CC(=O)N(Cc1ccccc1)Cc1ccco1. The lowest BCUT2D eigenvalue weighted by Crippen LogP contribution is -2.47. The second-order valence-electron chi connectivity index (χ2n) is 8.63. The molecule has 3 amide bonds. The van der Waals surface area contributed by atoms with Crippen molar-refractivity contribution in [3.05, 3.63) is 60.1 Å². The number of unbranched alkanes of at least 4 members (excludes halogenated alkanes) is 1. The van der Waals surface area contributed by atoms with Gasteiger partial charge in [-0.2, -0.15) is 0 Å². The van der Waals surface area contributed by atoms with Crippen LogP contribution in [0.25, 0.3) is 0 Å². The van der Waals surface area contributed by atoms with Crippen molar-refractivity contribution in [2.45, 2.75) is 39.3 Å². The van der Waals surface area contributed by atoms with Gasteiger partial charge < -0.3 is 24.3 Å². The molecule has 0 atom stereocenters. The Morgan fingerprint density at radius 3 is 2.50 bits per heavy atom. The number of carbonyl (C=O) groups is 2. The topological polar surface area (TPSA) is 78.3 Å². The minimum Gasteiger partial charge on any atom is -0.467 e. The molecule has 8 nitrogen and oxygen atoms in total. The van der Waals surface area contributed by atoms with E-state index in [1.165, 1.54) is 0 Å². The zero-order valence-corrected chi connectivity index (χ0v) is 20.3. The van der Waals surface area contributed by atoms with Gasteiger partial charge in [-0.05, 0) is 30.5 Å². The van der Waals surface area contributed by atoms with Crippen LogP contribution < -0.4 is 5.32 Å². The van der Waals surface area contributed by atoms with Crippen LogP contribution >= 0.6 is 0 Å². The molecule has 8 heteroatoms. The molecule has 0 aliphatic carbocycles. The first-order valence-corrected chi connectivity index (χ1v) is 12.3. The minimum atomic E-state index is -0.179. The first-order chi connectivity index (χ1) is 16.7. The van der Waals surface area contributed by atoms with Crippen molar-refractivity contribution < 1.29 is 18.7 Å². The highest BCUT2D eigenvalue weighted by Gasteiger charge is 2.22. The van der Waals surface area contributed by atoms with Crippen LogP contribution in [0.5, 0.6) is 0 Å². The van der Waals surface area contributed by atoms with Crippen LogP contribution in [-0.2, 0) is 22.6 Å². The maximum absolute atomic E-state index is 13.4. The molecule has 0 radical (unpaired) electrons. The fourth-order valence-electron chi connectivity index (χ4n) is 3.94. The molecule has 1 N–H and O–H groups in total. The van der Waals surface area contributed by atoms with Gasteiger partial charge in [-0.3, -0.25) is 9.69 Å². The highest BCUT2D eigenvalue weighted by molar-refractivity contribution is 5.84. The molecule has 3 rings (SSSR count). The Labute approximate surface area is 202 Å². The number of rotatable bonds is 13. The van der Waals surface area contributed by atoms with E-state index in [2.05, 4.69) is 17.1 Å².